The number of amides is 2. The fourth-order valence-electron chi connectivity index (χ4n) is 2.43. The van der Waals surface area contributed by atoms with E-state index < -0.39 is 17.8 Å². The van der Waals surface area contributed by atoms with Crippen LogP contribution in [-0.2, 0) is 4.79 Å². The van der Waals surface area contributed by atoms with Crippen molar-refractivity contribution in [3.05, 3.63) is 84.2 Å². The van der Waals surface area contributed by atoms with Crippen molar-refractivity contribution in [2.24, 2.45) is 5.10 Å². The number of hydrazone groups is 1. The number of esters is 1. The normalized spacial score (nSPS) is 10.7. The SMILES string of the molecule is O=C(CNC(=O)c1ccco1)N/N=C\c1cc(Br)cc(Br)c1OC(=O)c1ccccc1I. The molecule has 0 spiro atoms. The predicted molar refractivity (Wildman–Crippen MR) is 133 cm³/mol. The Balaban J connectivity index is 1.67. The van der Waals surface area contributed by atoms with E-state index in [-0.39, 0.29) is 18.1 Å². The first-order valence-electron chi connectivity index (χ1n) is 8.94. The quantitative estimate of drug-likeness (QED) is 0.126. The molecule has 0 aliphatic carbocycles. The minimum atomic E-state index is -0.549. The topological polar surface area (TPSA) is 110 Å². The van der Waals surface area contributed by atoms with Gasteiger partial charge in [-0.05, 0) is 74.9 Å². The predicted octanol–water partition coefficient (Wildman–Crippen LogP) is 4.51. The fraction of sp³-hybridized carbons (Fsp3) is 0.0476. The van der Waals surface area contributed by atoms with Crippen molar-refractivity contribution in [3.8, 4) is 5.75 Å². The van der Waals surface area contributed by atoms with Crippen molar-refractivity contribution in [1.82, 2.24) is 10.7 Å². The van der Waals surface area contributed by atoms with Crippen LogP contribution in [0.3, 0.4) is 0 Å². The first-order chi connectivity index (χ1) is 15.3. The molecule has 0 aliphatic heterocycles. The molecular formula is C21H14Br2IN3O5. The first kappa shape index (κ1) is 24.1. The molecule has 0 atom stereocenters. The molecule has 8 nitrogen and oxygen atoms in total. The van der Waals surface area contributed by atoms with Crippen LogP contribution in [0.2, 0.25) is 0 Å². The van der Waals surface area contributed by atoms with Crippen molar-refractivity contribution in [2.45, 2.75) is 0 Å². The van der Waals surface area contributed by atoms with Crippen LogP contribution in [0.15, 0.2) is 73.3 Å². The van der Waals surface area contributed by atoms with E-state index >= 15 is 0 Å². The zero-order valence-corrected chi connectivity index (χ0v) is 21.4. The second-order valence-corrected chi connectivity index (χ2v) is 9.06. The van der Waals surface area contributed by atoms with Crippen LogP contribution in [-0.4, -0.2) is 30.5 Å². The van der Waals surface area contributed by atoms with Crippen molar-refractivity contribution >= 4 is 78.4 Å². The van der Waals surface area contributed by atoms with Crippen LogP contribution >= 0.6 is 54.5 Å². The summed E-state index contributed by atoms with van der Waals surface area (Å²) in [6, 6.07) is 13.5. The highest BCUT2D eigenvalue weighted by molar-refractivity contribution is 14.1. The Hall–Kier alpha value is -2.51. The van der Waals surface area contributed by atoms with Crippen LogP contribution in [0.4, 0.5) is 0 Å². The summed E-state index contributed by atoms with van der Waals surface area (Å²) in [6.07, 6.45) is 2.69. The molecule has 32 heavy (non-hydrogen) atoms. The number of ether oxygens (including phenoxy) is 1. The van der Waals surface area contributed by atoms with E-state index in [1.807, 2.05) is 6.07 Å². The summed E-state index contributed by atoms with van der Waals surface area (Å²) in [6.45, 7) is -0.298. The van der Waals surface area contributed by atoms with Crippen molar-refractivity contribution in [3.63, 3.8) is 0 Å². The number of furan rings is 1. The molecule has 3 aromatic rings. The maximum Gasteiger partial charge on any atom is 0.344 e. The molecule has 0 aliphatic rings. The number of nitrogens with zero attached hydrogens (tertiary/aromatic N) is 1. The number of carbonyl (C=O) groups is 3. The molecule has 3 rings (SSSR count). The minimum Gasteiger partial charge on any atom is -0.459 e. The lowest BCUT2D eigenvalue weighted by Crippen LogP contribution is -2.34. The Kier molecular flexibility index (Phi) is 8.59. The molecule has 1 heterocycles. The molecule has 0 radical (unpaired) electrons. The van der Waals surface area contributed by atoms with Gasteiger partial charge < -0.3 is 14.5 Å². The summed E-state index contributed by atoms with van der Waals surface area (Å²) < 4.78 is 12.5. The third-order valence-corrected chi connectivity index (χ3v) is 5.86. The van der Waals surface area contributed by atoms with Gasteiger partial charge in [-0.25, -0.2) is 10.2 Å². The zero-order chi connectivity index (χ0) is 23.1. The number of nitrogens with one attached hydrogen (secondary N) is 2. The molecule has 2 aromatic carbocycles. The molecule has 0 bridgehead atoms. The van der Waals surface area contributed by atoms with Gasteiger partial charge in [0.1, 0.15) is 0 Å². The van der Waals surface area contributed by atoms with Gasteiger partial charge in [-0.3, -0.25) is 9.59 Å². The van der Waals surface area contributed by atoms with Gasteiger partial charge in [0, 0.05) is 13.6 Å². The molecule has 164 valence electrons. The highest BCUT2D eigenvalue weighted by Gasteiger charge is 2.17. The highest BCUT2D eigenvalue weighted by atomic mass is 127. The monoisotopic (exact) mass is 673 g/mol. The van der Waals surface area contributed by atoms with E-state index in [2.05, 4.69) is 70.3 Å². The molecule has 1 aromatic heterocycles. The Morgan fingerprint density at radius 3 is 2.62 bits per heavy atom. The average molecular weight is 675 g/mol. The van der Waals surface area contributed by atoms with Gasteiger partial charge in [-0.15, -0.1) is 0 Å². The third-order valence-electron chi connectivity index (χ3n) is 3.87. The molecule has 2 N–H and O–H groups in total. The average Bonchev–Trinajstić information content (AvgIpc) is 3.29. The van der Waals surface area contributed by atoms with Crippen LogP contribution in [0.1, 0.15) is 26.5 Å². The molecule has 0 saturated carbocycles. The number of rotatable bonds is 7. The smallest absolute Gasteiger partial charge is 0.344 e. The largest absolute Gasteiger partial charge is 0.459 e. The Labute approximate surface area is 213 Å². The maximum absolute atomic E-state index is 12.6. The summed E-state index contributed by atoms with van der Waals surface area (Å²) in [5, 5.41) is 6.30. The van der Waals surface area contributed by atoms with Crippen LogP contribution in [0.25, 0.3) is 0 Å². The number of halogens is 3. The molecule has 2 amide bonds. The molecule has 11 heteroatoms. The van der Waals surface area contributed by atoms with E-state index in [4.69, 9.17) is 9.15 Å². The second kappa shape index (κ2) is 11.4. The summed E-state index contributed by atoms with van der Waals surface area (Å²) in [5.74, 6) is -1.26. The van der Waals surface area contributed by atoms with E-state index in [0.29, 0.717) is 20.1 Å². The van der Waals surface area contributed by atoms with E-state index in [9.17, 15) is 14.4 Å². The molecule has 0 unspecified atom stereocenters. The van der Waals surface area contributed by atoms with Crippen molar-refractivity contribution < 1.29 is 23.5 Å². The van der Waals surface area contributed by atoms with Gasteiger partial charge in [0.05, 0.1) is 29.1 Å². The number of hydrogen-bond donors (Lipinski definition) is 2. The fourth-order valence-corrected chi connectivity index (χ4v) is 4.37. The molecule has 0 saturated heterocycles. The number of carbonyl (C=O) groups excluding carboxylic acids is 3. The Morgan fingerprint density at radius 1 is 1.12 bits per heavy atom. The van der Waals surface area contributed by atoms with Gasteiger partial charge >= 0.3 is 5.97 Å². The van der Waals surface area contributed by atoms with E-state index in [1.165, 1.54) is 18.5 Å². The molecular weight excluding hydrogens is 661 g/mol. The summed E-state index contributed by atoms with van der Waals surface area (Å²) in [7, 11) is 0. The standard InChI is InChI=1S/C21H14Br2IN3O5/c22-13-8-12(10-26-27-18(28)11-25-20(29)17-6-3-7-31-17)19(15(23)9-13)32-21(30)14-4-1-2-5-16(14)24/h1-10H,11H2,(H,25,29)(H,27,28)/b26-10-. The van der Waals surface area contributed by atoms with Crippen LogP contribution < -0.4 is 15.5 Å². The summed E-state index contributed by atoms with van der Waals surface area (Å²) >= 11 is 8.81. The zero-order valence-electron chi connectivity index (χ0n) is 16.1. The maximum atomic E-state index is 12.6. The second-order valence-electron chi connectivity index (χ2n) is 6.13. The van der Waals surface area contributed by atoms with Gasteiger partial charge in [-0.1, -0.05) is 28.1 Å². The van der Waals surface area contributed by atoms with Gasteiger partial charge in [0.25, 0.3) is 11.8 Å². The van der Waals surface area contributed by atoms with Crippen molar-refractivity contribution in [2.75, 3.05) is 6.54 Å². The minimum absolute atomic E-state index is 0.0971. The molecule has 0 fully saturated rings. The lowest BCUT2D eigenvalue weighted by atomic mass is 10.2. The highest BCUT2D eigenvalue weighted by Crippen LogP contribution is 2.33. The number of benzene rings is 2. The van der Waals surface area contributed by atoms with Crippen LogP contribution in [0, 0.1) is 3.57 Å². The van der Waals surface area contributed by atoms with E-state index in [0.717, 1.165) is 3.57 Å². The summed E-state index contributed by atoms with van der Waals surface area (Å²) in [4.78, 5) is 36.4. The van der Waals surface area contributed by atoms with E-state index in [1.54, 1.807) is 36.4 Å². The lowest BCUT2D eigenvalue weighted by Gasteiger charge is -2.11. The first-order valence-corrected chi connectivity index (χ1v) is 11.6. The lowest BCUT2D eigenvalue weighted by molar-refractivity contribution is -0.120. The third kappa shape index (κ3) is 6.50. The Morgan fingerprint density at radius 2 is 1.91 bits per heavy atom. The van der Waals surface area contributed by atoms with Gasteiger partial charge in [0.2, 0.25) is 0 Å². The van der Waals surface area contributed by atoms with Crippen molar-refractivity contribution in [1.29, 1.82) is 0 Å². The number of hydrogen-bond acceptors (Lipinski definition) is 6. The van der Waals surface area contributed by atoms with Gasteiger partial charge in [-0.2, -0.15) is 5.10 Å². The Bertz CT molecular complexity index is 1180. The summed E-state index contributed by atoms with van der Waals surface area (Å²) in [5.41, 5.74) is 3.16. The van der Waals surface area contributed by atoms with Gasteiger partial charge in [0.15, 0.2) is 11.5 Å². The van der Waals surface area contributed by atoms with Crippen LogP contribution in [0.5, 0.6) is 5.75 Å².